The van der Waals surface area contributed by atoms with Crippen molar-refractivity contribution in [3.8, 4) is 0 Å². The van der Waals surface area contributed by atoms with Crippen LogP contribution >= 0.6 is 0 Å². The Morgan fingerprint density at radius 3 is 2.23 bits per heavy atom. The smallest absolute Gasteiger partial charge is 0.194 e. The van der Waals surface area contributed by atoms with Crippen LogP contribution in [-0.4, -0.2) is 48.7 Å². The average Bonchev–Trinajstić information content (AvgIpc) is 2.99. The number of rotatable bonds is 2. The largest absolute Gasteiger partial charge is 0.382 e. The van der Waals surface area contributed by atoms with Gasteiger partial charge in [0.05, 0.1) is 26.4 Å². The SMILES string of the molecule is O=C(c1ccccc1)C1(O)CC2COCC(C1)C21OCCO1. The highest BCUT2D eigenvalue weighted by atomic mass is 16.7. The van der Waals surface area contributed by atoms with Crippen LogP contribution in [0.3, 0.4) is 0 Å². The standard InChI is InChI=1S/C17H20O5/c18-15(12-4-2-1-3-5-12)16(19)8-13-10-20-11-14(9-16)17(13)21-6-7-22-17/h1-5,13-14,19H,6-11H2. The molecule has 3 fully saturated rings. The van der Waals surface area contributed by atoms with Crippen molar-refractivity contribution in [3.63, 3.8) is 0 Å². The molecule has 1 spiro atoms. The molecule has 2 heterocycles. The topological polar surface area (TPSA) is 65.0 Å². The van der Waals surface area contributed by atoms with Gasteiger partial charge in [-0.3, -0.25) is 4.79 Å². The van der Waals surface area contributed by atoms with Gasteiger partial charge >= 0.3 is 0 Å². The molecule has 1 aliphatic carbocycles. The third-order valence-electron chi connectivity index (χ3n) is 5.14. The minimum atomic E-state index is -1.36. The van der Waals surface area contributed by atoms with Crippen molar-refractivity contribution >= 4 is 5.78 Å². The van der Waals surface area contributed by atoms with Crippen LogP contribution in [0.1, 0.15) is 23.2 Å². The lowest BCUT2D eigenvalue weighted by atomic mass is 9.65. The first kappa shape index (κ1) is 14.3. The summed E-state index contributed by atoms with van der Waals surface area (Å²) in [5, 5.41) is 11.0. The molecule has 2 unspecified atom stereocenters. The average molecular weight is 304 g/mol. The zero-order valence-corrected chi connectivity index (χ0v) is 12.4. The van der Waals surface area contributed by atoms with Gasteiger partial charge < -0.3 is 19.3 Å². The summed E-state index contributed by atoms with van der Waals surface area (Å²) < 4.78 is 17.4. The van der Waals surface area contributed by atoms with Gasteiger partial charge in [-0.05, 0) is 12.8 Å². The van der Waals surface area contributed by atoms with E-state index in [1.807, 2.05) is 18.2 Å². The van der Waals surface area contributed by atoms with Gasteiger partial charge in [0.15, 0.2) is 11.6 Å². The highest BCUT2D eigenvalue weighted by Crippen LogP contribution is 2.51. The van der Waals surface area contributed by atoms with E-state index >= 15 is 0 Å². The molecule has 1 aromatic rings. The Hall–Kier alpha value is -1.27. The zero-order chi connectivity index (χ0) is 15.2. The second kappa shape index (κ2) is 5.13. The van der Waals surface area contributed by atoms with E-state index in [9.17, 15) is 9.90 Å². The van der Waals surface area contributed by atoms with Gasteiger partial charge in [-0.25, -0.2) is 0 Å². The maximum absolute atomic E-state index is 12.8. The van der Waals surface area contributed by atoms with Gasteiger partial charge in [0.2, 0.25) is 0 Å². The van der Waals surface area contributed by atoms with Crippen LogP contribution in [0, 0.1) is 11.8 Å². The van der Waals surface area contributed by atoms with Crippen LogP contribution in [-0.2, 0) is 14.2 Å². The summed E-state index contributed by atoms with van der Waals surface area (Å²) in [7, 11) is 0. The fourth-order valence-corrected chi connectivity index (χ4v) is 4.18. The highest BCUT2D eigenvalue weighted by Gasteiger charge is 2.62. The number of ether oxygens (including phenoxy) is 3. The Balaban J connectivity index is 1.64. The summed E-state index contributed by atoms with van der Waals surface area (Å²) in [6, 6.07) is 8.99. The van der Waals surface area contributed by atoms with Gasteiger partial charge in [0.25, 0.3) is 0 Å². The van der Waals surface area contributed by atoms with Crippen LogP contribution < -0.4 is 0 Å². The molecule has 0 amide bonds. The van der Waals surface area contributed by atoms with E-state index in [-0.39, 0.29) is 17.6 Å². The molecule has 2 saturated heterocycles. The minimum Gasteiger partial charge on any atom is -0.382 e. The van der Waals surface area contributed by atoms with Crippen LogP contribution in [0.15, 0.2) is 30.3 Å². The lowest BCUT2D eigenvalue weighted by molar-refractivity contribution is -0.304. The number of ketones is 1. The Kier molecular flexibility index (Phi) is 3.34. The van der Waals surface area contributed by atoms with Gasteiger partial charge in [-0.15, -0.1) is 0 Å². The number of carbonyl (C=O) groups excluding carboxylic acids is 1. The van der Waals surface area contributed by atoms with Crippen molar-refractivity contribution < 1.29 is 24.1 Å². The maximum atomic E-state index is 12.8. The van der Waals surface area contributed by atoms with Crippen molar-refractivity contribution in [2.75, 3.05) is 26.4 Å². The molecule has 3 aliphatic rings. The van der Waals surface area contributed by atoms with Crippen LogP contribution in [0.25, 0.3) is 0 Å². The third-order valence-corrected chi connectivity index (χ3v) is 5.14. The number of hydrogen-bond donors (Lipinski definition) is 1. The number of carbonyl (C=O) groups is 1. The van der Waals surface area contributed by atoms with Gasteiger partial charge in [0.1, 0.15) is 5.60 Å². The molecule has 118 valence electrons. The Morgan fingerprint density at radius 1 is 1.05 bits per heavy atom. The first-order valence-corrected chi connectivity index (χ1v) is 7.82. The summed E-state index contributed by atoms with van der Waals surface area (Å²) in [6.07, 6.45) is 0.633. The number of hydrogen-bond acceptors (Lipinski definition) is 5. The summed E-state index contributed by atoms with van der Waals surface area (Å²) >= 11 is 0. The van der Waals surface area contributed by atoms with Crippen LogP contribution in [0.2, 0.25) is 0 Å². The predicted octanol–water partition coefficient (Wildman–Crippen LogP) is 1.40. The summed E-state index contributed by atoms with van der Waals surface area (Å²) in [5.41, 5.74) is -0.811. The fraction of sp³-hybridized carbons (Fsp3) is 0.588. The van der Waals surface area contributed by atoms with E-state index in [1.165, 1.54) is 0 Å². The normalized spacial score (nSPS) is 36.4. The molecule has 1 N–H and O–H groups in total. The summed E-state index contributed by atoms with van der Waals surface area (Å²) in [6.45, 7) is 2.05. The van der Waals surface area contributed by atoms with E-state index in [1.54, 1.807) is 12.1 Å². The number of benzene rings is 1. The molecule has 0 aromatic heterocycles. The fourth-order valence-electron chi connectivity index (χ4n) is 4.18. The molecule has 22 heavy (non-hydrogen) atoms. The molecular formula is C17H20O5. The molecule has 5 nitrogen and oxygen atoms in total. The number of aliphatic hydroxyl groups is 1. The van der Waals surface area contributed by atoms with E-state index in [4.69, 9.17) is 14.2 Å². The minimum absolute atomic E-state index is 0.111. The quantitative estimate of drug-likeness (QED) is 0.837. The zero-order valence-electron chi connectivity index (χ0n) is 12.4. The Labute approximate surface area is 129 Å². The van der Waals surface area contributed by atoms with Crippen LogP contribution in [0.5, 0.6) is 0 Å². The van der Waals surface area contributed by atoms with E-state index in [2.05, 4.69) is 0 Å². The van der Waals surface area contributed by atoms with Crippen molar-refractivity contribution in [2.24, 2.45) is 11.8 Å². The van der Waals surface area contributed by atoms with Gasteiger partial charge in [-0.1, -0.05) is 30.3 Å². The molecule has 1 saturated carbocycles. The molecular weight excluding hydrogens is 284 g/mol. The molecule has 2 bridgehead atoms. The third kappa shape index (κ3) is 2.04. The van der Waals surface area contributed by atoms with Gasteiger partial charge in [-0.2, -0.15) is 0 Å². The lowest BCUT2D eigenvalue weighted by Crippen LogP contribution is -2.63. The maximum Gasteiger partial charge on any atom is 0.194 e. The molecule has 5 heteroatoms. The van der Waals surface area contributed by atoms with Gasteiger partial charge in [0, 0.05) is 17.4 Å². The number of Topliss-reactive ketones (excluding diaryl/α,β-unsaturated/α-hetero) is 1. The second-order valence-electron chi connectivity index (χ2n) is 6.48. The molecule has 4 rings (SSSR count). The first-order valence-electron chi connectivity index (χ1n) is 7.82. The monoisotopic (exact) mass is 304 g/mol. The molecule has 2 aliphatic heterocycles. The highest BCUT2D eigenvalue weighted by molar-refractivity contribution is 6.02. The van der Waals surface area contributed by atoms with Crippen molar-refractivity contribution in [3.05, 3.63) is 35.9 Å². The van der Waals surface area contributed by atoms with Crippen molar-refractivity contribution in [1.29, 1.82) is 0 Å². The molecule has 1 aromatic carbocycles. The predicted molar refractivity (Wildman–Crippen MR) is 77.4 cm³/mol. The molecule has 2 atom stereocenters. The first-order chi connectivity index (χ1) is 10.6. The Morgan fingerprint density at radius 2 is 1.64 bits per heavy atom. The summed E-state index contributed by atoms with van der Waals surface area (Å²) in [5.74, 6) is -1.10. The van der Waals surface area contributed by atoms with Crippen molar-refractivity contribution in [1.82, 2.24) is 0 Å². The Bertz CT molecular complexity index is 548. The molecule has 0 radical (unpaired) electrons. The van der Waals surface area contributed by atoms with E-state index in [0.29, 0.717) is 44.8 Å². The lowest BCUT2D eigenvalue weighted by Gasteiger charge is -2.53. The van der Waals surface area contributed by atoms with E-state index in [0.717, 1.165) is 0 Å². The second-order valence-corrected chi connectivity index (χ2v) is 6.48. The van der Waals surface area contributed by atoms with Crippen LogP contribution in [0.4, 0.5) is 0 Å². The van der Waals surface area contributed by atoms with Crippen molar-refractivity contribution in [2.45, 2.75) is 24.2 Å². The summed E-state index contributed by atoms with van der Waals surface area (Å²) in [4.78, 5) is 12.8. The van der Waals surface area contributed by atoms with E-state index < -0.39 is 11.4 Å².